The van der Waals surface area contributed by atoms with Crippen LogP contribution in [0.3, 0.4) is 0 Å². The van der Waals surface area contributed by atoms with Crippen LogP contribution < -0.4 is 9.61 Å². The number of hydrogen-bond donors (Lipinski definition) is 0. The van der Waals surface area contributed by atoms with Crippen LogP contribution in [-0.4, -0.2) is 40.2 Å². The SMILES string of the molecule is O=C1Oc2ccccc2C2c3sc(=O)n(CC(=O)N4CCCCC4)c3SCC12. The number of carbonyl (C=O) groups excluding carboxylic acids is 2. The molecule has 0 N–H and O–H groups in total. The number of ether oxygens (including phenoxy) is 1. The molecule has 0 radical (unpaired) electrons. The fraction of sp³-hybridized carbons (Fsp3) is 0.450. The van der Waals surface area contributed by atoms with E-state index in [0.29, 0.717) is 11.5 Å². The van der Waals surface area contributed by atoms with Gasteiger partial charge in [0.2, 0.25) is 5.91 Å². The van der Waals surface area contributed by atoms with Gasteiger partial charge in [0, 0.05) is 35.2 Å². The van der Waals surface area contributed by atoms with Crippen molar-refractivity contribution in [2.45, 2.75) is 36.8 Å². The molecular formula is C20H20N2O4S2. The molecule has 2 aromatic rings. The Labute approximate surface area is 170 Å². The third kappa shape index (κ3) is 2.90. The Kier molecular flexibility index (Phi) is 4.55. The fourth-order valence-corrected chi connectivity index (χ4v) is 6.96. The summed E-state index contributed by atoms with van der Waals surface area (Å²) < 4.78 is 7.12. The number of piperidine rings is 1. The van der Waals surface area contributed by atoms with Crippen LogP contribution in [0.25, 0.3) is 0 Å². The van der Waals surface area contributed by atoms with E-state index in [9.17, 15) is 14.4 Å². The maximum atomic E-state index is 12.8. The Morgan fingerprint density at radius 2 is 1.93 bits per heavy atom. The number of esters is 1. The highest BCUT2D eigenvalue weighted by Crippen LogP contribution is 2.50. The van der Waals surface area contributed by atoms with Crippen LogP contribution in [-0.2, 0) is 16.1 Å². The van der Waals surface area contributed by atoms with E-state index in [-0.39, 0.29) is 35.1 Å². The van der Waals surface area contributed by atoms with Gasteiger partial charge in [0.05, 0.1) is 10.9 Å². The van der Waals surface area contributed by atoms with E-state index in [1.54, 1.807) is 10.6 Å². The van der Waals surface area contributed by atoms with Crippen molar-refractivity contribution >= 4 is 35.0 Å². The minimum atomic E-state index is -0.295. The molecule has 0 bridgehead atoms. The largest absolute Gasteiger partial charge is 0.426 e. The second-order valence-electron chi connectivity index (χ2n) is 7.42. The van der Waals surface area contributed by atoms with Crippen molar-refractivity contribution in [3.8, 4) is 5.75 Å². The Balaban J connectivity index is 1.52. The molecule has 4 heterocycles. The monoisotopic (exact) mass is 416 g/mol. The summed E-state index contributed by atoms with van der Waals surface area (Å²) in [4.78, 5) is 40.6. The number of fused-ring (bicyclic) bond motifs is 5. The van der Waals surface area contributed by atoms with Crippen molar-refractivity contribution in [1.82, 2.24) is 9.47 Å². The molecule has 8 heteroatoms. The first-order valence-electron chi connectivity index (χ1n) is 9.58. The maximum absolute atomic E-state index is 12.8. The quantitative estimate of drug-likeness (QED) is 0.556. The molecule has 2 atom stereocenters. The van der Waals surface area contributed by atoms with Crippen LogP contribution in [0.1, 0.15) is 35.6 Å². The van der Waals surface area contributed by atoms with Crippen LogP contribution in [0, 0.1) is 5.92 Å². The van der Waals surface area contributed by atoms with Gasteiger partial charge in [-0.2, -0.15) is 0 Å². The molecule has 0 spiro atoms. The van der Waals surface area contributed by atoms with Crippen molar-refractivity contribution in [3.05, 3.63) is 44.4 Å². The molecule has 5 rings (SSSR count). The van der Waals surface area contributed by atoms with E-state index >= 15 is 0 Å². The first-order chi connectivity index (χ1) is 13.6. The van der Waals surface area contributed by atoms with Gasteiger partial charge in [0.25, 0.3) is 0 Å². The number of thiazole rings is 1. The number of thioether (sulfide) groups is 1. The summed E-state index contributed by atoms with van der Waals surface area (Å²) in [5, 5.41) is 0.839. The fourth-order valence-electron chi connectivity index (χ4n) is 4.29. The highest BCUT2D eigenvalue weighted by atomic mass is 32.2. The number of rotatable bonds is 2. The molecule has 1 fully saturated rings. The lowest BCUT2D eigenvalue weighted by atomic mass is 9.83. The number of hydrogen-bond acceptors (Lipinski definition) is 6. The van der Waals surface area contributed by atoms with Gasteiger partial charge < -0.3 is 9.64 Å². The van der Waals surface area contributed by atoms with E-state index in [2.05, 4.69) is 0 Å². The second-order valence-corrected chi connectivity index (χ2v) is 9.42. The average Bonchev–Trinajstić information content (AvgIpc) is 3.04. The Bertz CT molecular complexity index is 1010. The molecule has 1 aromatic carbocycles. The zero-order valence-electron chi connectivity index (χ0n) is 15.3. The zero-order chi connectivity index (χ0) is 19.3. The number of carbonyl (C=O) groups is 2. The topological polar surface area (TPSA) is 68.6 Å². The normalized spacial score (nSPS) is 23.4. The molecule has 1 saturated heterocycles. The number of para-hydroxylation sites is 1. The van der Waals surface area contributed by atoms with E-state index in [4.69, 9.17) is 4.74 Å². The number of amides is 1. The molecule has 2 unspecified atom stereocenters. The van der Waals surface area contributed by atoms with Gasteiger partial charge >= 0.3 is 10.8 Å². The number of nitrogens with zero attached hydrogens (tertiary/aromatic N) is 2. The zero-order valence-corrected chi connectivity index (χ0v) is 16.9. The molecule has 3 aliphatic rings. The number of aromatic nitrogens is 1. The lowest BCUT2D eigenvalue weighted by Gasteiger charge is -2.34. The van der Waals surface area contributed by atoms with Crippen LogP contribution in [0.2, 0.25) is 0 Å². The summed E-state index contributed by atoms with van der Waals surface area (Å²) in [6.07, 6.45) is 3.21. The lowest BCUT2D eigenvalue weighted by Crippen LogP contribution is -2.39. The summed E-state index contributed by atoms with van der Waals surface area (Å²) in [6.45, 7) is 1.63. The molecule has 0 saturated carbocycles. The van der Waals surface area contributed by atoms with Gasteiger partial charge in [-0.15, -0.1) is 11.8 Å². The molecule has 0 aliphatic carbocycles. The highest BCUT2D eigenvalue weighted by Gasteiger charge is 2.44. The first-order valence-corrected chi connectivity index (χ1v) is 11.4. The van der Waals surface area contributed by atoms with Crippen molar-refractivity contribution in [3.63, 3.8) is 0 Å². The van der Waals surface area contributed by atoms with Gasteiger partial charge in [-0.25, -0.2) is 0 Å². The van der Waals surface area contributed by atoms with Gasteiger partial charge in [-0.3, -0.25) is 19.0 Å². The molecule has 146 valence electrons. The summed E-state index contributed by atoms with van der Waals surface area (Å²) in [6, 6.07) is 7.53. The van der Waals surface area contributed by atoms with Crippen molar-refractivity contribution in [1.29, 1.82) is 0 Å². The predicted octanol–water partition coefficient (Wildman–Crippen LogP) is 2.70. The van der Waals surface area contributed by atoms with Crippen LogP contribution in [0.5, 0.6) is 5.75 Å². The van der Waals surface area contributed by atoms with Crippen molar-refractivity contribution in [2.75, 3.05) is 18.8 Å². The number of benzene rings is 1. The summed E-state index contributed by atoms with van der Waals surface area (Å²) >= 11 is 2.66. The Hall–Kier alpha value is -2.06. The molecular weight excluding hydrogens is 396 g/mol. The molecule has 3 aliphatic heterocycles. The smallest absolute Gasteiger partial charge is 0.316 e. The van der Waals surface area contributed by atoms with Crippen molar-refractivity contribution < 1.29 is 14.3 Å². The number of likely N-dealkylation sites (tertiary alicyclic amines) is 1. The minimum absolute atomic E-state index is 0.00794. The molecule has 6 nitrogen and oxygen atoms in total. The first kappa shape index (κ1) is 18.0. The average molecular weight is 417 g/mol. The van der Waals surface area contributed by atoms with Crippen molar-refractivity contribution in [2.24, 2.45) is 5.92 Å². The maximum Gasteiger partial charge on any atom is 0.316 e. The minimum Gasteiger partial charge on any atom is -0.426 e. The third-order valence-electron chi connectivity index (χ3n) is 5.73. The van der Waals surface area contributed by atoms with E-state index in [0.717, 1.165) is 59.2 Å². The van der Waals surface area contributed by atoms with E-state index < -0.39 is 0 Å². The predicted molar refractivity (Wildman–Crippen MR) is 107 cm³/mol. The van der Waals surface area contributed by atoms with E-state index in [1.165, 1.54) is 11.8 Å². The Morgan fingerprint density at radius 3 is 2.75 bits per heavy atom. The summed E-state index contributed by atoms with van der Waals surface area (Å²) in [5.74, 6) is 0.434. The van der Waals surface area contributed by atoms with Crippen LogP contribution >= 0.6 is 23.1 Å². The van der Waals surface area contributed by atoms with Gasteiger partial charge in [-0.1, -0.05) is 29.5 Å². The Morgan fingerprint density at radius 1 is 1.14 bits per heavy atom. The second kappa shape index (κ2) is 7.08. The van der Waals surface area contributed by atoms with Crippen LogP contribution in [0.4, 0.5) is 0 Å². The molecule has 28 heavy (non-hydrogen) atoms. The molecule has 1 aromatic heterocycles. The summed E-state index contributed by atoms with van der Waals surface area (Å²) in [7, 11) is 0. The standard InChI is InChI=1S/C20H20N2O4S2/c23-15(21-8-4-1-5-9-21)10-22-18-17(28-20(22)25)16-12-6-2-3-7-14(12)26-19(24)13(16)11-27-18/h2-3,6-7,13,16H,1,4-5,8-11H2. The van der Waals surface area contributed by atoms with Gasteiger partial charge in [-0.05, 0) is 25.3 Å². The van der Waals surface area contributed by atoms with Crippen LogP contribution in [0.15, 0.2) is 34.1 Å². The summed E-state index contributed by atoms with van der Waals surface area (Å²) in [5.41, 5.74) is 0.949. The lowest BCUT2D eigenvalue weighted by molar-refractivity contribution is -0.140. The molecule has 1 amide bonds. The van der Waals surface area contributed by atoms with Gasteiger partial charge in [0.15, 0.2) is 0 Å². The third-order valence-corrected chi connectivity index (χ3v) is 8.16. The highest BCUT2D eigenvalue weighted by molar-refractivity contribution is 7.99. The van der Waals surface area contributed by atoms with Gasteiger partial charge in [0.1, 0.15) is 12.3 Å². The van der Waals surface area contributed by atoms with E-state index in [1.807, 2.05) is 23.1 Å².